The smallest absolute Gasteiger partial charge is 0.331 e. The monoisotopic (exact) mass is 878 g/mol. The lowest BCUT2D eigenvalue weighted by molar-refractivity contribution is -0.388. The number of allylic oxidation sites excluding steroid dienone is 2. The lowest BCUT2D eigenvalue weighted by Crippen LogP contribution is -2.38. The molecule has 0 heterocycles. The Hall–Kier alpha value is -4.63. The van der Waals surface area contributed by atoms with E-state index in [9.17, 15) is 51.8 Å². The molecule has 0 spiro atoms. The topological polar surface area (TPSA) is 240 Å². The Balaban J connectivity index is 1.94. The number of nitro benzene ring substituents is 2. The van der Waals surface area contributed by atoms with Crippen LogP contribution in [-0.2, 0) is 34.4 Å². The third-order valence-electron chi connectivity index (χ3n) is 9.57. The van der Waals surface area contributed by atoms with Crippen LogP contribution in [0.4, 0.5) is 11.4 Å². The van der Waals surface area contributed by atoms with E-state index in [4.69, 9.17) is 4.74 Å². The summed E-state index contributed by atoms with van der Waals surface area (Å²) >= 11 is 0. The van der Waals surface area contributed by atoms with E-state index in [1.165, 1.54) is 31.2 Å². The van der Waals surface area contributed by atoms with Gasteiger partial charge in [-0.05, 0) is 98.0 Å². The van der Waals surface area contributed by atoms with Crippen LogP contribution in [0.3, 0.4) is 0 Å². The van der Waals surface area contributed by atoms with Gasteiger partial charge in [0.25, 0.3) is 11.4 Å². The van der Waals surface area contributed by atoms with Crippen molar-refractivity contribution in [1.82, 2.24) is 13.5 Å². The second-order valence-corrected chi connectivity index (χ2v) is 20.6. The van der Waals surface area contributed by atoms with Crippen molar-refractivity contribution in [3.63, 3.8) is 0 Å². The van der Waals surface area contributed by atoms with Crippen LogP contribution in [0.25, 0.3) is 0 Å². The summed E-state index contributed by atoms with van der Waals surface area (Å²) in [4.78, 5) is 53.9. The van der Waals surface area contributed by atoms with Gasteiger partial charge in [-0.25, -0.2) is 21.6 Å². The van der Waals surface area contributed by atoms with Crippen molar-refractivity contribution in [1.29, 1.82) is 0 Å². The van der Waals surface area contributed by atoms with Gasteiger partial charge in [0.2, 0.25) is 20.0 Å². The number of aliphatic hydroxyl groups excluding tert-OH is 1. The molecule has 0 saturated carbocycles. The number of carbonyl (C=O) groups excluding carboxylic acids is 2. The number of benzene rings is 2. The average molecular weight is 879 g/mol. The molecule has 1 N–H and O–H groups in total. The van der Waals surface area contributed by atoms with Crippen LogP contribution >= 0.6 is 0 Å². The molecule has 0 radical (unpaired) electrons. The van der Waals surface area contributed by atoms with E-state index in [-0.39, 0.29) is 87.5 Å². The van der Waals surface area contributed by atoms with Crippen molar-refractivity contribution < 1.29 is 46.1 Å². The quantitative estimate of drug-likeness (QED) is 0.0465. The molecule has 0 bridgehead atoms. The highest BCUT2D eigenvalue weighted by Crippen LogP contribution is 2.36. The van der Waals surface area contributed by atoms with Gasteiger partial charge in [0.15, 0.2) is 15.6 Å². The van der Waals surface area contributed by atoms with E-state index in [0.717, 1.165) is 32.9 Å². The van der Waals surface area contributed by atoms with Gasteiger partial charge in [0.1, 0.15) is 17.4 Å². The first kappa shape index (κ1) is 49.7. The molecule has 60 heavy (non-hydrogen) atoms. The van der Waals surface area contributed by atoms with Crippen LogP contribution in [0.2, 0.25) is 0 Å². The molecule has 3 rings (SSSR count). The first-order chi connectivity index (χ1) is 27.8. The highest BCUT2D eigenvalue weighted by atomic mass is 32.2. The molecule has 0 amide bonds. The second kappa shape index (κ2) is 20.8. The van der Waals surface area contributed by atoms with Gasteiger partial charge in [-0.3, -0.25) is 30.0 Å². The molecule has 2 aromatic rings. The Labute approximate surface area is 352 Å². The lowest BCUT2D eigenvalue weighted by Gasteiger charge is -2.30. The fourth-order valence-electron chi connectivity index (χ4n) is 6.85. The van der Waals surface area contributed by atoms with Crippen molar-refractivity contribution in [2.45, 2.75) is 108 Å². The van der Waals surface area contributed by atoms with E-state index >= 15 is 0 Å². The normalized spacial score (nSPS) is 15.8. The zero-order valence-corrected chi connectivity index (χ0v) is 37.3. The number of aliphatic hydroxyl groups is 1. The van der Waals surface area contributed by atoms with Gasteiger partial charge >= 0.3 is 5.97 Å². The molecule has 1 aliphatic carbocycles. The molecule has 332 valence electrons. The Bertz CT molecular complexity index is 2180. The van der Waals surface area contributed by atoms with Crippen molar-refractivity contribution in [2.24, 2.45) is 10.4 Å². The van der Waals surface area contributed by atoms with Gasteiger partial charge in [-0.2, -0.15) is 8.61 Å². The number of carbonyl (C=O) groups is 2. The number of rotatable bonds is 22. The van der Waals surface area contributed by atoms with E-state index in [2.05, 4.69) is 4.99 Å². The zero-order valence-electron chi connectivity index (χ0n) is 35.6. The standard InChI is InChI=1S/C40H58N6O12S2/c1-29(37-33(47)27-40(5,6)28-34(37)48)41-30(38(49)58-39(2,3)4)17-13-14-23-43(59(54,55)35-20-11-9-18-31(35)45(50)51)25-16-26-44(24-15-22-42(7)8)60(56,57)36-21-12-10-19-32(36)46(52)53/h9-12,18-21,30,47H,13-17,22-28H2,1-8H3/t30-/m0/s1. The molecule has 0 aliphatic heterocycles. The molecular formula is C40H58N6O12S2. The van der Waals surface area contributed by atoms with Crippen LogP contribution in [0.15, 0.2) is 74.6 Å². The Morgan fingerprint density at radius 1 is 0.817 bits per heavy atom. The summed E-state index contributed by atoms with van der Waals surface area (Å²) in [6.45, 7) is 10.0. The van der Waals surface area contributed by atoms with Gasteiger partial charge < -0.3 is 14.7 Å². The Kier molecular flexibility index (Phi) is 17.2. The number of unbranched alkanes of at least 4 members (excludes halogenated alkanes) is 1. The maximum atomic E-state index is 14.2. The minimum Gasteiger partial charge on any atom is -0.511 e. The number of sulfonamides is 2. The average Bonchev–Trinajstić information content (AvgIpc) is 3.12. The molecule has 18 nitrogen and oxygen atoms in total. The number of hydrogen-bond donors (Lipinski definition) is 1. The number of para-hydroxylation sites is 2. The molecule has 1 atom stereocenters. The van der Waals surface area contributed by atoms with Crippen molar-refractivity contribution in [2.75, 3.05) is 46.8 Å². The highest BCUT2D eigenvalue weighted by Gasteiger charge is 2.36. The number of ketones is 1. The van der Waals surface area contributed by atoms with Gasteiger partial charge in [-0.15, -0.1) is 0 Å². The maximum Gasteiger partial charge on any atom is 0.331 e. The minimum atomic E-state index is -4.57. The van der Waals surface area contributed by atoms with Crippen molar-refractivity contribution in [3.8, 4) is 0 Å². The number of Topliss-reactive ketones (excluding diaryl/α,β-unsaturated/α-hetero) is 1. The second-order valence-electron chi connectivity index (χ2n) is 16.8. The molecule has 0 saturated heterocycles. The third-order valence-corrected chi connectivity index (χ3v) is 13.5. The maximum absolute atomic E-state index is 14.2. The molecule has 20 heteroatoms. The number of esters is 1. The molecule has 0 fully saturated rings. The minimum absolute atomic E-state index is 0.0342. The summed E-state index contributed by atoms with van der Waals surface area (Å²) in [5.74, 6) is -1.12. The van der Waals surface area contributed by atoms with Gasteiger partial charge in [0.05, 0.1) is 15.4 Å². The molecule has 0 unspecified atom stereocenters. The van der Waals surface area contributed by atoms with Crippen molar-refractivity contribution in [3.05, 3.63) is 80.1 Å². The fraction of sp³-hybridized carbons (Fsp3) is 0.575. The van der Waals surface area contributed by atoms with Crippen LogP contribution in [0, 0.1) is 25.6 Å². The van der Waals surface area contributed by atoms with E-state index < -0.39 is 74.1 Å². The van der Waals surface area contributed by atoms with Crippen LogP contribution < -0.4 is 0 Å². The Morgan fingerprint density at radius 3 is 1.70 bits per heavy atom. The number of aliphatic imine (C=N–C) groups is 1. The largest absolute Gasteiger partial charge is 0.511 e. The third kappa shape index (κ3) is 13.7. The molecule has 1 aliphatic rings. The Morgan fingerprint density at radius 2 is 1.27 bits per heavy atom. The lowest BCUT2D eigenvalue weighted by atomic mass is 9.75. The van der Waals surface area contributed by atoms with E-state index in [0.29, 0.717) is 13.0 Å². The molecule has 2 aromatic carbocycles. The highest BCUT2D eigenvalue weighted by molar-refractivity contribution is 7.89. The van der Waals surface area contributed by atoms with Crippen LogP contribution in [-0.4, -0.2) is 121 Å². The summed E-state index contributed by atoms with van der Waals surface area (Å²) in [5.41, 5.74) is -2.40. The number of hydrogen-bond acceptors (Lipinski definition) is 14. The molecule has 0 aromatic heterocycles. The van der Waals surface area contributed by atoms with Crippen LogP contribution in [0.5, 0.6) is 0 Å². The van der Waals surface area contributed by atoms with Gasteiger partial charge in [0, 0.05) is 56.9 Å². The summed E-state index contributed by atoms with van der Waals surface area (Å²) in [6, 6.07) is 8.67. The number of nitro groups is 2. The van der Waals surface area contributed by atoms with E-state index in [1.54, 1.807) is 34.9 Å². The van der Waals surface area contributed by atoms with E-state index in [1.807, 2.05) is 18.7 Å². The molecular weight excluding hydrogens is 821 g/mol. The SMILES string of the molecule is CC(=N[C@@H](CCCCN(CCCN(CCCN(C)C)S(=O)(=O)c1ccccc1[N+](=O)[O-])S(=O)(=O)c1ccccc1[N+](=O)[O-])C(=O)OC(C)(C)C)C1=C(O)CC(C)(C)CC1=O. The zero-order chi connectivity index (χ0) is 45.2. The first-order valence-electron chi connectivity index (χ1n) is 19.6. The predicted octanol–water partition coefficient (Wildman–Crippen LogP) is 6.07. The first-order valence-corrected chi connectivity index (χ1v) is 22.5. The predicted molar refractivity (Wildman–Crippen MR) is 226 cm³/mol. The fourth-order valence-corrected chi connectivity index (χ4v) is 10.2. The summed E-state index contributed by atoms with van der Waals surface area (Å²) in [6.07, 6.45) is 1.05. The van der Waals surface area contributed by atoms with Gasteiger partial charge in [-0.1, -0.05) is 38.1 Å². The number of ether oxygens (including phenoxy) is 1. The van der Waals surface area contributed by atoms with Crippen molar-refractivity contribution >= 4 is 48.9 Å². The summed E-state index contributed by atoms with van der Waals surface area (Å²) in [7, 11) is -5.41. The summed E-state index contributed by atoms with van der Waals surface area (Å²) < 4.78 is 63.9. The number of nitrogens with zero attached hydrogens (tertiary/aromatic N) is 6. The summed E-state index contributed by atoms with van der Waals surface area (Å²) in [5, 5.41) is 34.5. The van der Waals surface area contributed by atoms with Crippen LogP contribution in [0.1, 0.15) is 86.5 Å².